The highest BCUT2D eigenvalue weighted by atomic mass is 19.1. The van der Waals surface area contributed by atoms with Crippen molar-refractivity contribution in [2.75, 3.05) is 6.54 Å². The van der Waals surface area contributed by atoms with E-state index in [0.717, 1.165) is 18.7 Å². The molecule has 2 rings (SSSR count). The van der Waals surface area contributed by atoms with Crippen LogP contribution < -0.4 is 10.1 Å². The van der Waals surface area contributed by atoms with Crippen LogP contribution in [0.3, 0.4) is 0 Å². The number of hydrogen-bond donors (Lipinski definition) is 1. The van der Waals surface area contributed by atoms with Crippen LogP contribution >= 0.6 is 0 Å². The highest BCUT2D eigenvalue weighted by Crippen LogP contribution is 2.19. The summed E-state index contributed by atoms with van der Waals surface area (Å²) in [5, 5.41) is 3.28. The molecule has 0 saturated carbocycles. The Bertz CT molecular complexity index is 514. The average Bonchev–Trinajstić information content (AvgIpc) is 2.42. The predicted octanol–water partition coefficient (Wildman–Crippen LogP) is 3.51. The fourth-order valence-electron chi connectivity index (χ4n) is 1.63. The SMILES string of the molecule is CCCNCc1cccc(Oc2ccc(F)cc2)n1. The minimum absolute atomic E-state index is 0.280. The number of nitrogens with zero attached hydrogens (tertiary/aromatic N) is 1. The van der Waals surface area contributed by atoms with Crippen LogP contribution in [0.4, 0.5) is 4.39 Å². The molecule has 2 aromatic rings. The Balaban J connectivity index is 2.00. The van der Waals surface area contributed by atoms with Gasteiger partial charge in [-0.15, -0.1) is 0 Å². The van der Waals surface area contributed by atoms with Crippen molar-refractivity contribution in [2.45, 2.75) is 19.9 Å². The zero-order valence-corrected chi connectivity index (χ0v) is 10.9. The van der Waals surface area contributed by atoms with Crippen LogP contribution in [0.2, 0.25) is 0 Å². The Morgan fingerprint density at radius 2 is 1.95 bits per heavy atom. The lowest BCUT2D eigenvalue weighted by atomic mass is 10.3. The van der Waals surface area contributed by atoms with Crippen molar-refractivity contribution < 1.29 is 9.13 Å². The topological polar surface area (TPSA) is 34.1 Å². The number of nitrogens with one attached hydrogen (secondary N) is 1. The van der Waals surface area contributed by atoms with Gasteiger partial charge in [-0.1, -0.05) is 13.0 Å². The first-order chi connectivity index (χ1) is 9.28. The molecule has 0 amide bonds. The minimum atomic E-state index is -0.280. The normalized spacial score (nSPS) is 10.4. The van der Waals surface area contributed by atoms with Gasteiger partial charge in [-0.25, -0.2) is 9.37 Å². The van der Waals surface area contributed by atoms with E-state index in [9.17, 15) is 4.39 Å². The summed E-state index contributed by atoms with van der Waals surface area (Å²) in [5.74, 6) is 0.813. The van der Waals surface area contributed by atoms with Gasteiger partial charge in [-0.05, 0) is 43.3 Å². The third-order valence-corrected chi connectivity index (χ3v) is 2.55. The maximum Gasteiger partial charge on any atom is 0.219 e. The van der Waals surface area contributed by atoms with Crippen molar-refractivity contribution in [1.29, 1.82) is 0 Å². The quantitative estimate of drug-likeness (QED) is 0.807. The summed E-state index contributed by atoms with van der Waals surface area (Å²) in [6, 6.07) is 11.5. The van der Waals surface area contributed by atoms with Gasteiger partial charge < -0.3 is 10.1 Å². The second-order valence-electron chi connectivity index (χ2n) is 4.20. The zero-order valence-electron chi connectivity index (χ0n) is 10.9. The molecule has 0 atom stereocenters. The van der Waals surface area contributed by atoms with Crippen LogP contribution in [-0.2, 0) is 6.54 Å². The number of rotatable bonds is 6. The molecule has 100 valence electrons. The van der Waals surface area contributed by atoms with Crippen molar-refractivity contribution >= 4 is 0 Å². The Labute approximate surface area is 112 Å². The van der Waals surface area contributed by atoms with Gasteiger partial charge in [0.05, 0.1) is 5.69 Å². The van der Waals surface area contributed by atoms with Crippen LogP contribution in [0, 0.1) is 5.82 Å². The lowest BCUT2D eigenvalue weighted by Crippen LogP contribution is -2.14. The monoisotopic (exact) mass is 260 g/mol. The largest absolute Gasteiger partial charge is 0.439 e. The minimum Gasteiger partial charge on any atom is -0.439 e. The first kappa shape index (κ1) is 13.5. The average molecular weight is 260 g/mol. The van der Waals surface area contributed by atoms with Gasteiger partial charge in [0.2, 0.25) is 5.88 Å². The molecule has 0 aliphatic heterocycles. The van der Waals surface area contributed by atoms with Crippen LogP contribution in [-0.4, -0.2) is 11.5 Å². The summed E-state index contributed by atoms with van der Waals surface area (Å²) in [6.07, 6.45) is 1.09. The molecule has 0 spiro atoms. The van der Waals surface area contributed by atoms with Crippen LogP contribution in [0.1, 0.15) is 19.0 Å². The van der Waals surface area contributed by atoms with Gasteiger partial charge in [0.15, 0.2) is 0 Å². The van der Waals surface area contributed by atoms with E-state index in [1.165, 1.54) is 12.1 Å². The summed E-state index contributed by atoms with van der Waals surface area (Å²) < 4.78 is 18.4. The zero-order chi connectivity index (χ0) is 13.5. The molecule has 1 heterocycles. The molecule has 19 heavy (non-hydrogen) atoms. The number of halogens is 1. The van der Waals surface area contributed by atoms with Gasteiger partial charge >= 0.3 is 0 Å². The Kier molecular flexibility index (Phi) is 4.86. The number of pyridine rings is 1. The lowest BCUT2D eigenvalue weighted by molar-refractivity contribution is 0.458. The Morgan fingerprint density at radius 1 is 1.16 bits per heavy atom. The second-order valence-corrected chi connectivity index (χ2v) is 4.20. The predicted molar refractivity (Wildman–Crippen MR) is 72.7 cm³/mol. The third kappa shape index (κ3) is 4.34. The summed E-state index contributed by atoms with van der Waals surface area (Å²) in [7, 11) is 0. The maximum absolute atomic E-state index is 12.8. The van der Waals surface area contributed by atoms with Crippen molar-refractivity contribution in [3.05, 3.63) is 54.0 Å². The molecular weight excluding hydrogens is 243 g/mol. The molecule has 0 aliphatic rings. The van der Waals surface area contributed by atoms with E-state index in [1.54, 1.807) is 18.2 Å². The van der Waals surface area contributed by atoms with Gasteiger partial charge in [-0.3, -0.25) is 0 Å². The van der Waals surface area contributed by atoms with E-state index in [2.05, 4.69) is 17.2 Å². The molecule has 1 aromatic carbocycles. The van der Waals surface area contributed by atoms with Crippen LogP contribution in [0.25, 0.3) is 0 Å². The summed E-state index contributed by atoms with van der Waals surface area (Å²) in [5.41, 5.74) is 0.924. The molecule has 0 aliphatic carbocycles. The number of aromatic nitrogens is 1. The first-order valence-electron chi connectivity index (χ1n) is 6.38. The lowest BCUT2D eigenvalue weighted by Gasteiger charge is -2.07. The molecule has 1 aromatic heterocycles. The third-order valence-electron chi connectivity index (χ3n) is 2.55. The van der Waals surface area contributed by atoms with Gasteiger partial charge in [0.25, 0.3) is 0 Å². The van der Waals surface area contributed by atoms with Crippen LogP contribution in [0.15, 0.2) is 42.5 Å². The molecule has 0 unspecified atom stereocenters. The molecule has 0 fully saturated rings. The second kappa shape index (κ2) is 6.85. The van der Waals surface area contributed by atoms with Crippen molar-refractivity contribution in [3.8, 4) is 11.6 Å². The van der Waals surface area contributed by atoms with Crippen molar-refractivity contribution in [3.63, 3.8) is 0 Å². The molecule has 1 N–H and O–H groups in total. The first-order valence-corrected chi connectivity index (χ1v) is 6.38. The van der Waals surface area contributed by atoms with Crippen molar-refractivity contribution in [2.24, 2.45) is 0 Å². The van der Waals surface area contributed by atoms with E-state index in [0.29, 0.717) is 18.2 Å². The summed E-state index contributed by atoms with van der Waals surface area (Å²) in [4.78, 5) is 4.38. The fraction of sp³-hybridized carbons (Fsp3) is 0.267. The highest BCUT2D eigenvalue weighted by molar-refractivity contribution is 5.27. The number of ether oxygens (including phenoxy) is 1. The van der Waals surface area contributed by atoms with Crippen molar-refractivity contribution in [1.82, 2.24) is 10.3 Å². The Morgan fingerprint density at radius 3 is 2.68 bits per heavy atom. The molecular formula is C15H17FN2O. The summed E-state index contributed by atoms with van der Waals surface area (Å²) in [6.45, 7) is 3.80. The Hall–Kier alpha value is -1.94. The fourth-order valence-corrected chi connectivity index (χ4v) is 1.63. The summed E-state index contributed by atoms with van der Waals surface area (Å²) >= 11 is 0. The molecule has 0 saturated heterocycles. The van der Waals surface area contributed by atoms with E-state index >= 15 is 0 Å². The molecule has 0 radical (unpaired) electrons. The molecule has 4 heteroatoms. The van der Waals surface area contributed by atoms with Gasteiger partial charge in [0, 0.05) is 12.6 Å². The smallest absolute Gasteiger partial charge is 0.219 e. The van der Waals surface area contributed by atoms with E-state index in [4.69, 9.17) is 4.74 Å². The number of benzene rings is 1. The molecule has 0 bridgehead atoms. The number of hydrogen-bond acceptors (Lipinski definition) is 3. The van der Waals surface area contributed by atoms with E-state index < -0.39 is 0 Å². The van der Waals surface area contributed by atoms with Gasteiger partial charge in [-0.2, -0.15) is 0 Å². The van der Waals surface area contributed by atoms with Crippen LogP contribution in [0.5, 0.6) is 11.6 Å². The standard InChI is InChI=1S/C15H17FN2O/c1-2-10-17-11-13-4-3-5-15(18-13)19-14-8-6-12(16)7-9-14/h3-9,17H,2,10-11H2,1H3. The maximum atomic E-state index is 12.8. The highest BCUT2D eigenvalue weighted by Gasteiger charge is 2.01. The van der Waals surface area contributed by atoms with Gasteiger partial charge in [0.1, 0.15) is 11.6 Å². The van der Waals surface area contributed by atoms with E-state index in [-0.39, 0.29) is 5.82 Å². The molecule has 3 nitrogen and oxygen atoms in total. The van der Waals surface area contributed by atoms with E-state index in [1.807, 2.05) is 12.1 Å².